The Labute approximate surface area is 131 Å². The van der Waals surface area contributed by atoms with Crippen LogP contribution in [-0.4, -0.2) is 14.3 Å². The van der Waals surface area contributed by atoms with Gasteiger partial charge in [-0.3, -0.25) is 4.72 Å². The Morgan fingerprint density at radius 2 is 1.67 bits per heavy atom. The summed E-state index contributed by atoms with van der Waals surface area (Å²) in [4.78, 5) is 0.274. The van der Waals surface area contributed by atoms with Crippen LogP contribution in [0.25, 0.3) is 0 Å². The highest BCUT2D eigenvalue weighted by Crippen LogP contribution is 2.19. The smallest absolute Gasteiger partial charge is 0.261 e. The molecule has 2 rings (SSSR count). The first-order valence-corrected chi connectivity index (χ1v) is 8.69. The molecule has 0 amide bonds. The summed E-state index contributed by atoms with van der Waals surface area (Å²) in [6.45, 7) is 3.85. The monoisotopic (exact) mass is 323 g/mol. The van der Waals surface area contributed by atoms with E-state index in [0.29, 0.717) is 11.6 Å². The zero-order valence-electron chi connectivity index (χ0n) is 12.1. The molecule has 0 aliphatic rings. The van der Waals surface area contributed by atoms with Gasteiger partial charge >= 0.3 is 0 Å². The summed E-state index contributed by atoms with van der Waals surface area (Å²) >= 11 is 5.68. The number of halogens is 1. The largest absolute Gasteiger partial charge is 0.280 e. The maximum absolute atomic E-state index is 12.3. The van der Waals surface area contributed by atoms with E-state index in [-0.39, 0.29) is 4.90 Å². The van der Waals surface area contributed by atoms with E-state index in [2.05, 4.69) is 4.72 Å². The predicted octanol–water partition coefficient (Wildman–Crippen LogP) is 3.89. The first kappa shape index (κ1) is 15.9. The van der Waals surface area contributed by atoms with E-state index >= 15 is 0 Å². The van der Waals surface area contributed by atoms with Gasteiger partial charge in [0.2, 0.25) is 0 Å². The van der Waals surface area contributed by atoms with Gasteiger partial charge in [0.15, 0.2) is 0 Å². The minimum atomic E-state index is -3.55. The number of nitrogens with one attached hydrogen (secondary N) is 1. The lowest BCUT2D eigenvalue weighted by atomic mass is 10.1. The molecule has 0 aliphatic heterocycles. The second kappa shape index (κ2) is 6.50. The molecule has 0 radical (unpaired) electrons. The van der Waals surface area contributed by atoms with Crippen LogP contribution in [0, 0.1) is 13.8 Å². The zero-order chi connectivity index (χ0) is 15.5. The maximum atomic E-state index is 12.3. The summed E-state index contributed by atoms with van der Waals surface area (Å²) in [5.74, 6) is 0.549. The van der Waals surface area contributed by atoms with Crippen LogP contribution in [0.2, 0.25) is 0 Å². The van der Waals surface area contributed by atoms with Gasteiger partial charge in [-0.15, -0.1) is 11.6 Å². The molecule has 1 N–H and O–H groups in total. The van der Waals surface area contributed by atoms with Crippen molar-refractivity contribution in [2.45, 2.75) is 25.2 Å². The number of rotatable bonds is 5. The standard InChI is InChI=1S/C16H18ClNO2S/c1-12-3-8-16(11-13(12)2)21(19,20)18-15-6-4-14(5-7-15)9-10-17/h3-8,11,18H,9-10H2,1-2H3. The lowest BCUT2D eigenvalue weighted by Crippen LogP contribution is -2.13. The van der Waals surface area contributed by atoms with Gasteiger partial charge in [-0.2, -0.15) is 0 Å². The fraction of sp³-hybridized carbons (Fsp3) is 0.250. The van der Waals surface area contributed by atoms with Gasteiger partial charge in [0, 0.05) is 11.6 Å². The third-order valence-electron chi connectivity index (χ3n) is 3.38. The van der Waals surface area contributed by atoms with Crippen LogP contribution in [0.3, 0.4) is 0 Å². The lowest BCUT2D eigenvalue weighted by molar-refractivity contribution is 0.601. The molecule has 0 fully saturated rings. The number of benzene rings is 2. The van der Waals surface area contributed by atoms with Gasteiger partial charge in [-0.05, 0) is 61.2 Å². The molecule has 0 bridgehead atoms. The second-order valence-corrected chi connectivity index (χ2v) is 7.05. The Balaban J connectivity index is 2.22. The normalized spacial score (nSPS) is 11.4. The van der Waals surface area contributed by atoms with Crippen LogP contribution in [0.15, 0.2) is 47.4 Å². The Bertz CT molecular complexity index is 724. The SMILES string of the molecule is Cc1ccc(S(=O)(=O)Nc2ccc(CCCl)cc2)cc1C. The van der Waals surface area contributed by atoms with E-state index < -0.39 is 10.0 Å². The lowest BCUT2D eigenvalue weighted by Gasteiger charge is -2.10. The molecule has 0 atom stereocenters. The summed E-state index contributed by atoms with van der Waals surface area (Å²) in [6, 6.07) is 12.4. The van der Waals surface area contributed by atoms with Crippen molar-refractivity contribution in [3.8, 4) is 0 Å². The predicted molar refractivity (Wildman–Crippen MR) is 87.6 cm³/mol. The van der Waals surface area contributed by atoms with Crippen LogP contribution >= 0.6 is 11.6 Å². The van der Waals surface area contributed by atoms with Crippen molar-refractivity contribution in [3.63, 3.8) is 0 Å². The summed E-state index contributed by atoms with van der Waals surface area (Å²) in [5.41, 5.74) is 3.65. The molecule has 0 spiro atoms. The highest BCUT2D eigenvalue weighted by molar-refractivity contribution is 7.92. The van der Waals surface area contributed by atoms with Crippen LogP contribution in [0.5, 0.6) is 0 Å². The fourth-order valence-electron chi connectivity index (χ4n) is 1.94. The van der Waals surface area contributed by atoms with E-state index in [9.17, 15) is 8.42 Å². The average molecular weight is 324 g/mol. The van der Waals surface area contributed by atoms with E-state index in [1.54, 1.807) is 24.3 Å². The molecule has 2 aromatic rings. The number of sulfonamides is 1. The quantitative estimate of drug-likeness (QED) is 0.849. The molecule has 21 heavy (non-hydrogen) atoms. The van der Waals surface area contributed by atoms with Crippen LogP contribution in [-0.2, 0) is 16.4 Å². The summed E-state index contributed by atoms with van der Waals surface area (Å²) in [6.07, 6.45) is 0.770. The molecular formula is C16H18ClNO2S. The first-order valence-electron chi connectivity index (χ1n) is 6.67. The van der Waals surface area contributed by atoms with Crippen molar-refractivity contribution in [2.24, 2.45) is 0 Å². The highest BCUT2D eigenvalue weighted by atomic mass is 35.5. The van der Waals surface area contributed by atoms with Gasteiger partial charge in [-0.25, -0.2) is 8.42 Å². The summed E-state index contributed by atoms with van der Waals surface area (Å²) in [5, 5.41) is 0. The number of aryl methyl sites for hydroxylation is 3. The third-order valence-corrected chi connectivity index (χ3v) is 4.95. The topological polar surface area (TPSA) is 46.2 Å². The first-order chi connectivity index (χ1) is 9.92. The van der Waals surface area contributed by atoms with Crippen molar-refractivity contribution in [3.05, 3.63) is 59.2 Å². The van der Waals surface area contributed by atoms with E-state index in [0.717, 1.165) is 23.1 Å². The van der Waals surface area contributed by atoms with E-state index in [4.69, 9.17) is 11.6 Å². The molecular weight excluding hydrogens is 306 g/mol. The van der Waals surface area contributed by atoms with Gasteiger partial charge in [0.1, 0.15) is 0 Å². The van der Waals surface area contributed by atoms with E-state index in [1.807, 2.05) is 32.0 Å². The van der Waals surface area contributed by atoms with Crippen molar-refractivity contribution in [1.29, 1.82) is 0 Å². The average Bonchev–Trinajstić information content (AvgIpc) is 2.44. The third kappa shape index (κ3) is 3.99. The van der Waals surface area contributed by atoms with E-state index in [1.165, 1.54) is 0 Å². The Morgan fingerprint density at radius 1 is 1.00 bits per heavy atom. The van der Waals surface area contributed by atoms with Gasteiger partial charge < -0.3 is 0 Å². The fourth-order valence-corrected chi connectivity index (χ4v) is 3.31. The van der Waals surface area contributed by atoms with Crippen LogP contribution in [0.1, 0.15) is 16.7 Å². The molecule has 5 heteroatoms. The molecule has 0 saturated carbocycles. The molecule has 112 valence electrons. The number of anilines is 1. The summed E-state index contributed by atoms with van der Waals surface area (Å²) in [7, 11) is -3.55. The van der Waals surface area contributed by atoms with Crippen molar-refractivity contribution < 1.29 is 8.42 Å². The van der Waals surface area contributed by atoms with Crippen molar-refractivity contribution in [1.82, 2.24) is 0 Å². The molecule has 0 saturated heterocycles. The summed E-state index contributed by atoms with van der Waals surface area (Å²) < 4.78 is 27.3. The molecule has 0 heterocycles. The van der Waals surface area contributed by atoms with Gasteiger partial charge in [0.25, 0.3) is 10.0 Å². The Kier molecular flexibility index (Phi) is 4.91. The molecule has 0 aromatic heterocycles. The molecule has 0 unspecified atom stereocenters. The van der Waals surface area contributed by atoms with Crippen molar-refractivity contribution >= 4 is 27.3 Å². The molecule has 2 aromatic carbocycles. The minimum absolute atomic E-state index is 0.274. The molecule has 0 aliphatic carbocycles. The highest BCUT2D eigenvalue weighted by Gasteiger charge is 2.14. The Morgan fingerprint density at radius 3 is 2.24 bits per heavy atom. The van der Waals surface area contributed by atoms with Gasteiger partial charge in [0.05, 0.1) is 4.90 Å². The Hall–Kier alpha value is -1.52. The number of alkyl halides is 1. The van der Waals surface area contributed by atoms with Crippen molar-refractivity contribution in [2.75, 3.05) is 10.6 Å². The maximum Gasteiger partial charge on any atom is 0.261 e. The number of hydrogen-bond donors (Lipinski definition) is 1. The van der Waals surface area contributed by atoms with Crippen LogP contribution in [0.4, 0.5) is 5.69 Å². The van der Waals surface area contributed by atoms with Crippen LogP contribution < -0.4 is 4.72 Å². The minimum Gasteiger partial charge on any atom is -0.280 e. The number of hydrogen-bond acceptors (Lipinski definition) is 2. The zero-order valence-corrected chi connectivity index (χ0v) is 13.6. The molecule has 3 nitrogen and oxygen atoms in total. The second-order valence-electron chi connectivity index (χ2n) is 4.99. The van der Waals surface area contributed by atoms with Gasteiger partial charge in [-0.1, -0.05) is 18.2 Å².